The summed E-state index contributed by atoms with van der Waals surface area (Å²) in [5.41, 5.74) is 0.0307. The second-order valence-corrected chi connectivity index (χ2v) is 7.06. The van der Waals surface area contributed by atoms with E-state index in [4.69, 9.17) is 4.74 Å². The van der Waals surface area contributed by atoms with E-state index in [1.807, 2.05) is 12.2 Å². The molecule has 0 bridgehead atoms. The van der Waals surface area contributed by atoms with Gasteiger partial charge in [-0.25, -0.2) is 0 Å². The topological polar surface area (TPSA) is 98.8 Å². The maximum absolute atomic E-state index is 12.1. The molecule has 0 radical (unpaired) electrons. The summed E-state index contributed by atoms with van der Waals surface area (Å²) in [5.74, 6) is -2.74. The van der Waals surface area contributed by atoms with Crippen molar-refractivity contribution in [2.45, 2.75) is 26.4 Å². The lowest BCUT2D eigenvalue weighted by Gasteiger charge is -2.07. The Balaban J connectivity index is 1.72. The van der Waals surface area contributed by atoms with Gasteiger partial charge in [-0.15, -0.1) is 11.3 Å². The average Bonchev–Trinajstić information content (AvgIpc) is 3.11. The van der Waals surface area contributed by atoms with Crippen molar-refractivity contribution in [3.05, 3.63) is 51.7 Å². The van der Waals surface area contributed by atoms with Crippen LogP contribution >= 0.6 is 11.3 Å². The van der Waals surface area contributed by atoms with E-state index in [-0.39, 0.29) is 29.9 Å². The van der Waals surface area contributed by atoms with Crippen LogP contribution in [-0.4, -0.2) is 36.8 Å². The number of aryl methyl sites for hydroxylation is 1. The Bertz CT molecular complexity index is 894. The molecule has 10 heteroatoms. The number of hydrogen-bond donors (Lipinski definition) is 1. The molecule has 2 amide bonds. The number of carbonyl (C=O) groups is 4. The predicted octanol–water partition coefficient (Wildman–Crippen LogP) is 3.12. The highest BCUT2D eigenvalue weighted by molar-refractivity contribution is 7.14. The van der Waals surface area contributed by atoms with Gasteiger partial charge < -0.3 is 9.47 Å². The van der Waals surface area contributed by atoms with Gasteiger partial charge >= 0.3 is 12.6 Å². The fraction of sp³-hybridized carbons (Fsp3) is 0.263. The second-order valence-electron chi connectivity index (χ2n) is 5.77. The molecule has 0 aliphatic carbocycles. The Kier molecular flexibility index (Phi) is 7.96. The maximum atomic E-state index is 12.1. The average molecular weight is 425 g/mol. The summed E-state index contributed by atoms with van der Waals surface area (Å²) in [5, 5.41) is 2.00. The van der Waals surface area contributed by atoms with Crippen LogP contribution in [0.4, 0.5) is 8.78 Å². The van der Waals surface area contributed by atoms with Crippen LogP contribution in [0.2, 0.25) is 0 Å². The number of carbonyl (C=O) groups excluding carboxylic acids is 4. The van der Waals surface area contributed by atoms with E-state index in [0.29, 0.717) is 4.88 Å². The molecule has 0 atom stereocenters. The van der Waals surface area contributed by atoms with Crippen LogP contribution in [0, 0.1) is 6.92 Å². The van der Waals surface area contributed by atoms with Crippen molar-refractivity contribution in [2.24, 2.45) is 0 Å². The number of rotatable bonds is 9. The number of benzene rings is 1. The lowest BCUT2D eigenvalue weighted by atomic mass is 10.2. The molecule has 0 aliphatic rings. The number of ether oxygens (including phenoxy) is 2. The summed E-state index contributed by atoms with van der Waals surface area (Å²) in [6, 6.07) is 8.18. The molecule has 0 saturated carbocycles. The molecule has 0 unspecified atom stereocenters. The van der Waals surface area contributed by atoms with E-state index in [1.54, 1.807) is 12.1 Å². The Morgan fingerprint density at radius 1 is 1.03 bits per heavy atom. The van der Waals surface area contributed by atoms with Crippen molar-refractivity contribution in [2.75, 3.05) is 6.61 Å². The van der Waals surface area contributed by atoms with Gasteiger partial charge in [-0.2, -0.15) is 8.78 Å². The molecule has 1 N–H and O–H groups in total. The highest BCUT2D eigenvalue weighted by atomic mass is 32.1. The minimum Gasteiger partial charge on any atom is -0.456 e. The van der Waals surface area contributed by atoms with Gasteiger partial charge in [0.05, 0.1) is 11.3 Å². The van der Waals surface area contributed by atoms with E-state index in [2.05, 4.69) is 4.74 Å². The van der Waals surface area contributed by atoms with Crippen LogP contribution in [0.1, 0.15) is 37.7 Å². The normalized spacial score (nSPS) is 10.5. The number of halogens is 2. The molecule has 0 fully saturated rings. The van der Waals surface area contributed by atoms with Gasteiger partial charge in [0.15, 0.2) is 12.4 Å². The Morgan fingerprint density at radius 2 is 1.72 bits per heavy atom. The molecule has 29 heavy (non-hydrogen) atoms. The molecule has 2 rings (SSSR count). The first-order valence-corrected chi connectivity index (χ1v) is 9.20. The lowest BCUT2D eigenvalue weighted by Crippen LogP contribution is -2.34. The van der Waals surface area contributed by atoms with Crippen LogP contribution in [-0.2, 0) is 14.3 Å². The predicted molar refractivity (Wildman–Crippen MR) is 99.1 cm³/mol. The summed E-state index contributed by atoms with van der Waals surface area (Å²) in [6.45, 7) is -1.82. The third kappa shape index (κ3) is 7.41. The van der Waals surface area contributed by atoms with Crippen LogP contribution in [0.15, 0.2) is 36.4 Å². The fourth-order valence-electron chi connectivity index (χ4n) is 2.16. The quantitative estimate of drug-likeness (QED) is 0.490. The number of amides is 2. The summed E-state index contributed by atoms with van der Waals surface area (Å²) >= 11 is 1.33. The third-order valence-electron chi connectivity index (χ3n) is 3.53. The highest BCUT2D eigenvalue weighted by Gasteiger charge is 2.15. The summed E-state index contributed by atoms with van der Waals surface area (Å²) in [7, 11) is 0. The number of ketones is 1. The molecule has 1 heterocycles. The molecular formula is C19H17F2NO6S. The summed E-state index contributed by atoms with van der Waals surface area (Å²) in [6.07, 6.45) is -0.241. The molecule has 2 aromatic rings. The SMILES string of the molecule is Cc1ccc(C(=O)CCC(=O)OCC(=O)NC(=O)c2ccc(OC(F)F)cc2)s1. The second kappa shape index (κ2) is 10.4. The number of esters is 1. The van der Waals surface area contributed by atoms with Gasteiger partial charge in [-0.3, -0.25) is 24.5 Å². The first kappa shape index (κ1) is 22.2. The number of Topliss-reactive ketones (excluding diaryl/α,β-unsaturated/α-hetero) is 1. The van der Waals surface area contributed by atoms with E-state index >= 15 is 0 Å². The number of imide groups is 1. The summed E-state index contributed by atoms with van der Waals surface area (Å²) < 4.78 is 33.1. The van der Waals surface area contributed by atoms with Gasteiger partial charge in [0.2, 0.25) is 0 Å². The fourth-order valence-corrected chi connectivity index (χ4v) is 3.00. The van der Waals surface area contributed by atoms with Crippen LogP contribution < -0.4 is 10.1 Å². The zero-order chi connectivity index (χ0) is 21.4. The zero-order valence-electron chi connectivity index (χ0n) is 15.3. The van der Waals surface area contributed by atoms with Gasteiger partial charge in [-0.1, -0.05) is 0 Å². The Labute approximate surface area is 168 Å². The van der Waals surface area contributed by atoms with Crippen LogP contribution in [0.25, 0.3) is 0 Å². The molecule has 1 aromatic heterocycles. The van der Waals surface area contributed by atoms with Gasteiger partial charge in [0.25, 0.3) is 11.8 Å². The standard InChI is InChI=1S/C19H17F2NO6S/c1-11-2-8-15(29-11)14(23)7-9-17(25)27-10-16(24)22-18(26)12-3-5-13(6-4-12)28-19(20)21/h2-6,8,19H,7,9-10H2,1H3,(H,22,24,26). The number of alkyl halides is 2. The Hall–Kier alpha value is -3.14. The van der Waals surface area contributed by atoms with Crippen LogP contribution in [0.3, 0.4) is 0 Å². The van der Waals surface area contributed by atoms with E-state index in [0.717, 1.165) is 17.0 Å². The Morgan fingerprint density at radius 3 is 2.31 bits per heavy atom. The van der Waals surface area contributed by atoms with Crippen molar-refractivity contribution in [1.29, 1.82) is 0 Å². The molecule has 7 nitrogen and oxygen atoms in total. The van der Waals surface area contributed by atoms with Gasteiger partial charge in [0, 0.05) is 16.9 Å². The largest absolute Gasteiger partial charge is 0.456 e. The maximum Gasteiger partial charge on any atom is 0.387 e. The van der Waals surface area contributed by atoms with Crippen molar-refractivity contribution in [1.82, 2.24) is 5.32 Å². The smallest absolute Gasteiger partial charge is 0.387 e. The number of hydrogen-bond acceptors (Lipinski definition) is 7. The molecule has 154 valence electrons. The summed E-state index contributed by atoms with van der Waals surface area (Å²) in [4.78, 5) is 48.7. The number of thiophene rings is 1. The minimum atomic E-state index is -2.99. The first-order valence-electron chi connectivity index (χ1n) is 8.39. The molecule has 0 saturated heterocycles. The van der Waals surface area contributed by atoms with Gasteiger partial charge in [0.1, 0.15) is 5.75 Å². The number of nitrogens with one attached hydrogen (secondary N) is 1. The van der Waals surface area contributed by atoms with Crippen molar-refractivity contribution < 1.29 is 37.4 Å². The van der Waals surface area contributed by atoms with Crippen molar-refractivity contribution >= 4 is 34.9 Å². The lowest BCUT2D eigenvalue weighted by molar-refractivity contribution is -0.148. The van der Waals surface area contributed by atoms with E-state index in [1.165, 1.54) is 23.5 Å². The molecule has 1 aromatic carbocycles. The zero-order valence-corrected chi connectivity index (χ0v) is 16.1. The van der Waals surface area contributed by atoms with Crippen molar-refractivity contribution in [3.63, 3.8) is 0 Å². The van der Waals surface area contributed by atoms with Gasteiger partial charge in [-0.05, 0) is 43.3 Å². The third-order valence-corrected chi connectivity index (χ3v) is 4.57. The molecular weight excluding hydrogens is 408 g/mol. The van der Waals surface area contributed by atoms with Crippen molar-refractivity contribution in [3.8, 4) is 5.75 Å². The minimum absolute atomic E-state index is 0.0307. The van der Waals surface area contributed by atoms with E-state index < -0.39 is 31.0 Å². The van der Waals surface area contributed by atoms with E-state index in [9.17, 15) is 28.0 Å². The highest BCUT2D eigenvalue weighted by Crippen LogP contribution is 2.17. The van der Waals surface area contributed by atoms with Crippen LogP contribution in [0.5, 0.6) is 5.75 Å². The monoisotopic (exact) mass is 425 g/mol. The first-order chi connectivity index (χ1) is 13.7. The molecule has 0 aliphatic heterocycles. The molecule has 0 spiro atoms.